The van der Waals surface area contributed by atoms with Crippen LogP contribution in [0.3, 0.4) is 0 Å². The molecule has 0 aliphatic carbocycles. The Morgan fingerprint density at radius 3 is 2.38 bits per heavy atom. The Morgan fingerprint density at radius 2 is 1.81 bits per heavy atom. The summed E-state index contributed by atoms with van der Waals surface area (Å²) >= 11 is 0. The lowest BCUT2D eigenvalue weighted by Gasteiger charge is -2.18. The van der Waals surface area contributed by atoms with Crippen molar-refractivity contribution in [3.8, 4) is 0 Å². The number of unbranched alkanes of at least 4 members (excludes halogenated alkanes) is 3. The second-order valence-electron chi connectivity index (χ2n) is 6.29. The summed E-state index contributed by atoms with van der Waals surface area (Å²) in [6.45, 7) is 5.12. The number of rotatable bonds is 8. The van der Waals surface area contributed by atoms with E-state index >= 15 is 0 Å². The van der Waals surface area contributed by atoms with E-state index < -0.39 is 23.7 Å². The van der Waals surface area contributed by atoms with Crippen molar-refractivity contribution in [2.24, 2.45) is 0 Å². The van der Waals surface area contributed by atoms with E-state index in [1.807, 2.05) is 6.92 Å². The summed E-state index contributed by atoms with van der Waals surface area (Å²) in [4.78, 5) is 23.0. The van der Waals surface area contributed by atoms with E-state index in [4.69, 9.17) is 0 Å². The molecule has 1 atom stereocenters. The predicted molar refractivity (Wildman–Crippen MR) is 96.1 cm³/mol. The Morgan fingerprint density at radius 1 is 1.12 bits per heavy atom. The first-order valence-electron chi connectivity index (χ1n) is 8.69. The van der Waals surface area contributed by atoms with Gasteiger partial charge in [-0.15, -0.1) is 0 Å². The van der Waals surface area contributed by atoms with Crippen molar-refractivity contribution in [3.05, 3.63) is 23.8 Å². The third-order valence-electron chi connectivity index (χ3n) is 3.76. The maximum absolute atomic E-state index is 13.2. The Bertz CT molecular complexity index is 618. The molecule has 0 aromatic heterocycles. The topological polar surface area (TPSA) is 70.2 Å². The highest BCUT2D eigenvalue weighted by Crippen LogP contribution is 2.36. The van der Waals surface area contributed by atoms with Crippen molar-refractivity contribution in [3.63, 3.8) is 0 Å². The van der Waals surface area contributed by atoms with Gasteiger partial charge in [0.05, 0.1) is 11.3 Å². The molecule has 0 spiro atoms. The van der Waals surface area contributed by atoms with Crippen LogP contribution >= 0.6 is 0 Å². The Labute approximate surface area is 151 Å². The van der Waals surface area contributed by atoms with Crippen molar-refractivity contribution in [1.82, 2.24) is 5.32 Å². The molecule has 3 N–H and O–H groups in total. The van der Waals surface area contributed by atoms with Crippen molar-refractivity contribution < 1.29 is 22.8 Å². The smallest absolute Gasteiger partial charge is 0.335 e. The van der Waals surface area contributed by atoms with Crippen LogP contribution in [0.1, 0.15) is 58.4 Å². The molecule has 1 aromatic carbocycles. The van der Waals surface area contributed by atoms with Crippen LogP contribution in [0.25, 0.3) is 0 Å². The third kappa shape index (κ3) is 7.76. The van der Waals surface area contributed by atoms with E-state index in [1.165, 1.54) is 13.0 Å². The molecule has 0 heterocycles. The minimum absolute atomic E-state index is 0.0140. The molecule has 5 nitrogen and oxygen atoms in total. The lowest BCUT2D eigenvalue weighted by molar-refractivity contribution is -0.137. The van der Waals surface area contributed by atoms with Crippen LogP contribution in [0.15, 0.2) is 18.2 Å². The molecular weight excluding hydrogens is 347 g/mol. The maximum Gasteiger partial charge on any atom is 0.418 e. The number of amides is 3. The number of benzene rings is 1. The molecule has 1 unspecified atom stereocenters. The summed E-state index contributed by atoms with van der Waals surface area (Å²) in [5.41, 5.74) is -1.36. The van der Waals surface area contributed by atoms with Gasteiger partial charge in [-0.05, 0) is 31.5 Å². The molecule has 1 rings (SSSR count). The van der Waals surface area contributed by atoms with Crippen LogP contribution in [0.4, 0.5) is 29.3 Å². The van der Waals surface area contributed by atoms with Crippen molar-refractivity contribution in [2.45, 2.75) is 65.1 Å². The van der Waals surface area contributed by atoms with E-state index in [0.29, 0.717) is 0 Å². The molecule has 26 heavy (non-hydrogen) atoms. The fraction of sp³-hybridized carbons (Fsp3) is 0.556. The maximum atomic E-state index is 13.2. The molecule has 8 heteroatoms. The molecule has 0 radical (unpaired) electrons. The van der Waals surface area contributed by atoms with Gasteiger partial charge < -0.3 is 16.0 Å². The lowest BCUT2D eigenvalue weighted by atomic mass is 10.1. The molecule has 0 saturated heterocycles. The molecule has 146 valence electrons. The minimum Gasteiger partial charge on any atom is -0.335 e. The molecular formula is C18H26F3N3O2. The van der Waals surface area contributed by atoms with Gasteiger partial charge in [0.2, 0.25) is 5.91 Å². The summed E-state index contributed by atoms with van der Waals surface area (Å²) in [7, 11) is 0. The van der Waals surface area contributed by atoms with Crippen LogP contribution < -0.4 is 16.0 Å². The quantitative estimate of drug-likeness (QED) is 0.552. The van der Waals surface area contributed by atoms with E-state index in [2.05, 4.69) is 22.9 Å². The first-order chi connectivity index (χ1) is 12.1. The van der Waals surface area contributed by atoms with Gasteiger partial charge in [-0.2, -0.15) is 13.2 Å². The zero-order chi connectivity index (χ0) is 19.7. The van der Waals surface area contributed by atoms with Gasteiger partial charge in [0.15, 0.2) is 0 Å². The van der Waals surface area contributed by atoms with E-state index in [-0.39, 0.29) is 17.4 Å². The highest BCUT2D eigenvalue weighted by molar-refractivity contribution is 5.92. The number of hydrogen-bond acceptors (Lipinski definition) is 2. The number of carbonyl (C=O) groups excluding carboxylic acids is 2. The van der Waals surface area contributed by atoms with E-state index in [0.717, 1.165) is 44.2 Å². The molecule has 0 saturated carbocycles. The third-order valence-corrected chi connectivity index (χ3v) is 3.76. The predicted octanol–water partition coefficient (Wildman–Crippen LogP) is 5.14. The first-order valence-corrected chi connectivity index (χ1v) is 8.69. The summed E-state index contributed by atoms with van der Waals surface area (Å²) in [6.07, 6.45) is 0.344. The Hall–Kier alpha value is -2.25. The number of nitrogens with one attached hydrogen (secondary N) is 3. The molecule has 1 aromatic rings. The van der Waals surface area contributed by atoms with Crippen molar-refractivity contribution in [1.29, 1.82) is 0 Å². The Kier molecular flexibility index (Phi) is 8.41. The average molecular weight is 373 g/mol. The van der Waals surface area contributed by atoms with Gasteiger partial charge in [0.25, 0.3) is 0 Å². The van der Waals surface area contributed by atoms with E-state index in [9.17, 15) is 22.8 Å². The fourth-order valence-electron chi connectivity index (χ4n) is 2.50. The van der Waals surface area contributed by atoms with Crippen LogP contribution in [0.5, 0.6) is 0 Å². The highest BCUT2D eigenvalue weighted by Gasteiger charge is 2.34. The zero-order valence-corrected chi connectivity index (χ0v) is 15.3. The van der Waals surface area contributed by atoms with Gasteiger partial charge in [0, 0.05) is 18.7 Å². The molecule has 0 aliphatic heterocycles. The average Bonchev–Trinajstić information content (AvgIpc) is 2.51. The van der Waals surface area contributed by atoms with Crippen LogP contribution in [0, 0.1) is 0 Å². The van der Waals surface area contributed by atoms with Gasteiger partial charge in [-0.1, -0.05) is 32.6 Å². The fourth-order valence-corrected chi connectivity index (χ4v) is 2.50. The number of urea groups is 1. The zero-order valence-electron chi connectivity index (χ0n) is 15.3. The first kappa shape index (κ1) is 21.8. The summed E-state index contributed by atoms with van der Waals surface area (Å²) < 4.78 is 39.7. The van der Waals surface area contributed by atoms with Crippen LogP contribution in [-0.2, 0) is 11.0 Å². The normalized spacial score (nSPS) is 12.4. The highest BCUT2D eigenvalue weighted by atomic mass is 19.4. The van der Waals surface area contributed by atoms with Crippen LogP contribution in [-0.4, -0.2) is 18.0 Å². The SMILES string of the molecule is CCCCCCC(C)NC(=O)Nc1ccc(NC(C)=O)cc1C(F)(F)F. The number of alkyl halides is 3. The van der Waals surface area contributed by atoms with Crippen LogP contribution in [0.2, 0.25) is 0 Å². The van der Waals surface area contributed by atoms with Gasteiger partial charge in [0.1, 0.15) is 0 Å². The number of carbonyl (C=O) groups is 2. The van der Waals surface area contributed by atoms with Gasteiger partial charge in [-0.25, -0.2) is 4.79 Å². The second-order valence-corrected chi connectivity index (χ2v) is 6.29. The van der Waals surface area contributed by atoms with E-state index in [1.54, 1.807) is 0 Å². The number of halogens is 3. The standard InChI is InChI=1S/C18H26F3N3O2/c1-4-5-6-7-8-12(2)22-17(26)24-16-10-9-14(23-13(3)25)11-15(16)18(19,20)21/h9-12H,4-8H2,1-3H3,(H,23,25)(H2,22,24,26). The van der Waals surface area contributed by atoms with Crippen molar-refractivity contribution in [2.75, 3.05) is 10.6 Å². The molecule has 3 amide bonds. The molecule has 0 aliphatic rings. The summed E-state index contributed by atoms with van der Waals surface area (Å²) in [6, 6.07) is 2.40. The lowest BCUT2D eigenvalue weighted by Crippen LogP contribution is -2.36. The Balaban J connectivity index is 2.75. The second kappa shape index (κ2) is 10.0. The van der Waals surface area contributed by atoms with Crippen molar-refractivity contribution >= 4 is 23.3 Å². The largest absolute Gasteiger partial charge is 0.418 e. The minimum atomic E-state index is -4.66. The number of hydrogen-bond donors (Lipinski definition) is 3. The van der Waals surface area contributed by atoms with Gasteiger partial charge >= 0.3 is 12.2 Å². The van der Waals surface area contributed by atoms with Gasteiger partial charge in [-0.3, -0.25) is 4.79 Å². The number of anilines is 2. The molecule has 0 bridgehead atoms. The summed E-state index contributed by atoms with van der Waals surface area (Å²) in [5.74, 6) is -0.478. The molecule has 0 fully saturated rings. The monoisotopic (exact) mass is 373 g/mol. The summed E-state index contributed by atoms with van der Waals surface area (Å²) in [5, 5.41) is 7.19.